The Bertz CT molecular complexity index is 1150. The van der Waals surface area contributed by atoms with Crippen LogP contribution in [0.3, 0.4) is 0 Å². The molecule has 1 aliphatic rings. The molecule has 0 saturated carbocycles. The Hall–Kier alpha value is -3.00. The maximum absolute atomic E-state index is 12.3. The molecule has 0 radical (unpaired) electrons. The lowest BCUT2D eigenvalue weighted by Crippen LogP contribution is -2.38. The third-order valence-corrected chi connectivity index (χ3v) is 6.69. The van der Waals surface area contributed by atoms with Crippen LogP contribution in [-0.2, 0) is 16.0 Å². The van der Waals surface area contributed by atoms with Crippen molar-refractivity contribution in [3.8, 4) is 0 Å². The van der Waals surface area contributed by atoms with E-state index >= 15 is 0 Å². The highest BCUT2D eigenvalue weighted by Crippen LogP contribution is 2.28. The molecular weight excluding hydrogens is 400 g/mol. The van der Waals surface area contributed by atoms with Crippen molar-refractivity contribution in [2.45, 2.75) is 32.6 Å². The van der Waals surface area contributed by atoms with E-state index in [2.05, 4.69) is 15.3 Å². The van der Waals surface area contributed by atoms with Crippen LogP contribution in [0, 0.1) is 13.8 Å². The highest BCUT2D eigenvalue weighted by Gasteiger charge is 2.31. The van der Waals surface area contributed by atoms with E-state index in [4.69, 9.17) is 0 Å². The number of amides is 2. The molecule has 1 fully saturated rings. The second-order valence-electron chi connectivity index (χ2n) is 7.66. The number of aromatic nitrogens is 2. The minimum Gasteiger partial charge on any atom is -0.354 e. The minimum absolute atomic E-state index is 0.00103. The number of H-pyrrole nitrogens is 1. The summed E-state index contributed by atoms with van der Waals surface area (Å²) < 4.78 is 0. The number of hydrogen-bond donors (Lipinski definition) is 2. The molecule has 8 heteroatoms. The monoisotopic (exact) mass is 424 g/mol. The van der Waals surface area contributed by atoms with Crippen molar-refractivity contribution in [2.75, 3.05) is 19.6 Å². The minimum atomic E-state index is -0.205. The number of fused-ring (bicyclic) bond motifs is 1. The average molecular weight is 425 g/mol. The Labute approximate surface area is 178 Å². The summed E-state index contributed by atoms with van der Waals surface area (Å²) in [5.41, 5.74) is 1.95. The van der Waals surface area contributed by atoms with Crippen LogP contribution < -0.4 is 10.9 Å². The van der Waals surface area contributed by atoms with Crippen molar-refractivity contribution in [1.29, 1.82) is 0 Å². The summed E-state index contributed by atoms with van der Waals surface area (Å²) in [7, 11) is 0. The van der Waals surface area contributed by atoms with Gasteiger partial charge in [0, 0.05) is 36.7 Å². The van der Waals surface area contributed by atoms with Crippen LogP contribution >= 0.6 is 11.3 Å². The number of rotatable bonds is 6. The average Bonchev–Trinajstić information content (AvgIpc) is 3.22. The smallest absolute Gasteiger partial charge is 0.259 e. The van der Waals surface area contributed by atoms with Crippen LogP contribution in [0.1, 0.15) is 34.2 Å². The normalized spacial score (nSPS) is 16.4. The zero-order valence-electron chi connectivity index (χ0n) is 17.0. The maximum atomic E-state index is 12.3. The Morgan fingerprint density at radius 2 is 2.03 bits per heavy atom. The lowest BCUT2D eigenvalue weighted by Gasteiger charge is -2.16. The van der Waals surface area contributed by atoms with E-state index in [0.29, 0.717) is 37.1 Å². The van der Waals surface area contributed by atoms with Gasteiger partial charge >= 0.3 is 0 Å². The number of nitrogens with one attached hydrogen (secondary N) is 2. The molecule has 1 saturated heterocycles. The SMILES string of the molecule is Cc1sc2nc(CCNC(=O)CN3CC(c4ccccc4)CC3=O)[nH]c(=O)c2c1C. The summed E-state index contributed by atoms with van der Waals surface area (Å²) >= 11 is 1.50. The first-order chi connectivity index (χ1) is 14.4. The molecule has 0 bridgehead atoms. The fourth-order valence-corrected chi connectivity index (χ4v) is 4.89. The van der Waals surface area contributed by atoms with Crippen molar-refractivity contribution < 1.29 is 9.59 Å². The molecule has 3 heterocycles. The summed E-state index contributed by atoms with van der Waals surface area (Å²) in [5, 5.41) is 3.47. The predicted molar refractivity (Wildman–Crippen MR) is 117 cm³/mol. The lowest BCUT2D eigenvalue weighted by molar-refractivity contribution is -0.133. The molecule has 0 aliphatic carbocycles. The van der Waals surface area contributed by atoms with Gasteiger partial charge in [0.2, 0.25) is 11.8 Å². The Kier molecular flexibility index (Phi) is 5.67. The molecule has 4 rings (SSSR count). The predicted octanol–water partition coefficient (Wildman–Crippen LogP) is 2.28. The largest absolute Gasteiger partial charge is 0.354 e. The van der Waals surface area contributed by atoms with Crippen LogP contribution in [0.2, 0.25) is 0 Å². The zero-order chi connectivity index (χ0) is 21.3. The van der Waals surface area contributed by atoms with Crippen LogP contribution in [-0.4, -0.2) is 46.3 Å². The van der Waals surface area contributed by atoms with Crippen LogP contribution in [0.4, 0.5) is 0 Å². The number of carbonyl (C=O) groups is 2. The third kappa shape index (κ3) is 4.14. The maximum Gasteiger partial charge on any atom is 0.259 e. The second-order valence-corrected chi connectivity index (χ2v) is 8.87. The van der Waals surface area contributed by atoms with Gasteiger partial charge in [0.1, 0.15) is 10.7 Å². The number of aromatic amines is 1. The summed E-state index contributed by atoms with van der Waals surface area (Å²) in [5.74, 6) is 0.475. The number of nitrogens with zero attached hydrogens (tertiary/aromatic N) is 2. The van der Waals surface area contributed by atoms with Gasteiger partial charge in [-0.1, -0.05) is 30.3 Å². The van der Waals surface area contributed by atoms with Crippen LogP contribution in [0.5, 0.6) is 0 Å². The number of thiophene rings is 1. The van der Waals surface area contributed by atoms with Gasteiger partial charge in [-0.05, 0) is 25.0 Å². The molecule has 2 N–H and O–H groups in total. The van der Waals surface area contributed by atoms with Gasteiger partial charge < -0.3 is 15.2 Å². The highest BCUT2D eigenvalue weighted by atomic mass is 32.1. The second kappa shape index (κ2) is 8.39. The van der Waals surface area contributed by atoms with Crippen molar-refractivity contribution in [1.82, 2.24) is 20.2 Å². The summed E-state index contributed by atoms with van der Waals surface area (Å²) in [6.45, 7) is 4.85. The summed E-state index contributed by atoms with van der Waals surface area (Å²) in [6.07, 6.45) is 0.857. The van der Waals surface area contributed by atoms with Gasteiger partial charge in [-0.2, -0.15) is 0 Å². The van der Waals surface area contributed by atoms with Gasteiger partial charge in [-0.15, -0.1) is 11.3 Å². The fraction of sp³-hybridized carbons (Fsp3) is 0.364. The van der Waals surface area contributed by atoms with E-state index in [1.54, 1.807) is 4.90 Å². The zero-order valence-corrected chi connectivity index (χ0v) is 17.8. The Balaban J connectivity index is 1.31. The van der Waals surface area contributed by atoms with Gasteiger partial charge in [0.15, 0.2) is 0 Å². The molecule has 1 aliphatic heterocycles. The molecule has 1 unspecified atom stereocenters. The summed E-state index contributed by atoms with van der Waals surface area (Å²) in [6, 6.07) is 9.91. The molecule has 7 nitrogen and oxygen atoms in total. The first-order valence-corrected chi connectivity index (χ1v) is 10.8. The van der Waals surface area contributed by atoms with Crippen molar-refractivity contribution in [2.24, 2.45) is 0 Å². The van der Waals surface area contributed by atoms with E-state index in [1.807, 2.05) is 44.2 Å². The number of hydrogen-bond acceptors (Lipinski definition) is 5. The third-order valence-electron chi connectivity index (χ3n) is 5.59. The molecule has 3 aromatic rings. The topological polar surface area (TPSA) is 95.2 Å². The Morgan fingerprint density at radius 3 is 2.80 bits per heavy atom. The molecule has 2 aromatic heterocycles. The van der Waals surface area contributed by atoms with E-state index < -0.39 is 0 Å². The van der Waals surface area contributed by atoms with E-state index in [9.17, 15) is 14.4 Å². The van der Waals surface area contributed by atoms with Gasteiger partial charge in [-0.25, -0.2) is 4.98 Å². The molecule has 0 spiro atoms. The molecule has 1 atom stereocenters. The first kappa shape index (κ1) is 20.3. The quantitative estimate of drug-likeness (QED) is 0.635. The molecular formula is C22H24N4O3S. The fourth-order valence-electron chi connectivity index (χ4n) is 3.84. The van der Waals surface area contributed by atoms with Gasteiger partial charge in [0.25, 0.3) is 5.56 Å². The Morgan fingerprint density at radius 1 is 1.27 bits per heavy atom. The molecule has 156 valence electrons. The molecule has 2 amide bonds. The standard InChI is InChI=1S/C22H24N4O3S/c1-13-14(2)30-22-20(13)21(29)24-17(25-22)8-9-23-18(27)12-26-11-16(10-19(26)28)15-6-4-3-5-7-15/h3-7,16H,8-12H2,1-2H3,(H,23,27)(H,24,25,29). The van der Waals surface area contributed by atoms with Crippen LogP contribution in [0.15, 0.2) is 35.1 Å². The van der Waals surface area contributed by atoms with E-state index in [1.165, 1.54) is 11.3 Å². The van der Waals surface area contributed by atoms with E-state index in [0.717, 1.165) is 20.8 Å². The lowest BCUT2D eigenvalue weighted by atomic mass is 9.99. The van der Waals surface area contributed by atoms with Crippen LogP contribution in [0.25, 0.3) is 10.2 Å². The molecule has 1 aromatic carbocycles. The number of benzene rings is 1. The highest BCUT2D eigenvalue weighted by molar-refractivity contribution is 7.18. The number of aryl methyl sites for hydroxylation is 2. The van der Waals surface area contributed by atoms with Crippen molar-refractivity contribution >= 4 is 33.4 Å². The van der Waals surface area contributed by atoms with Crippen molar-refractivity contribution in [3.05, 3.63) is 62.5 Å². The van der Waals surface area contributed by atoms with Crippen molar-refractivity contribution in [3.63, 3.8) is 0 Å². The first-order valence-electron chi connectivity index (χ1n) is 10.0. The summed E-state index contributed by atoms with van der Waals surface area (Å²) in [4.78, 5) is 47.7. The number of carbonyl (C=O) groups excluding carboxylic acids is 2. The van der Waals surface area contributed by atoms with E-state index in [-0.39, 0.29) is 29.8 Å². The van der Waals surface area contributed by atoms with Gasteiger partial charge in [0.05, 0.1) is 11.9 Å². The molecule has 30 heavy (non-hydrogen) atoms. The van der Waals surface area contributed by atoms with Gasteiger partial charge in [-0.3, -0.25) is 14.4 Å². The number of likely N-dealkylation sites (tertiary alicyclic amines) is 1.